The molecule has 6 nitrogen and oxygen atoms in total. The van der Waals surface area contributed by atoms with Crippen molar-refractivity contribution in [3.05, 3.63) is 0 Å². The van der Waals surface area contributed by atoms with Crippen molar-refractivity contribution in [1.29, 1.82) is 0 Å². The predicted molar refractivity (Wildman–Crippen MR) is 46.8 cm³/mol. The second-order valence-corrected chi connectivity index (χ2v) is 4.13. The zero-order valence-electron chi connectivity index (χ0n) is 8.54. The van der Waals surface area contributed by atoms with E-state index in [4.69, 9.17) is 19.3 Å². The normalized spacial score (nSPS) is 40.5. The minimum Gasteiger partial charge on any atom is -0.394 e. The highest BCUT2D eigenvalue weighted by molar-refractivity contribution is 5.90. The maximum Gasteiger partial charge on any atom is 0.198 e. The Morgan fingerprint density at radius 1 is 1.47 bits per heavy atom. The third-order valence-corrected chi connectivity index (χ3v) is 2.44. The number of carbonyl (C=O) groups is 1. The Morgan fingerprint density at radius 2 is 2.13 bits per heavy atom. The molecule has 86 valence electrons. The van der Waals surface area contributed by atoms with Gasteiger partial charge in [0.1, 0.15) is 12.2 Å². The fourth-order valence-corrected chi connectivity index (χ4v) is 1.77. The van der Waals surface area contributed by atoms with Crippen LogP contribution in [-0.2, 0) is 19.0 Å². The van der Waals surface area contributed by atoms with Crippen LogP contribution in [0, 0.1) is 0 Å². The SMILES string of the molecule is CC1(C)O[C@@H]2O[C@H]([C@H](O)CO)C(=O)[C@H]2O1. The largest absolute Gasteiger partial charge is 0.394 e. The summed E-state index contributed by atoms with van der Waals surface area (Å²) in [4.78, 5) is 11.7. The summed E-state index contributed by atoms with van der Waals surface area (Å²) in [5, 5.41) is 18.0. The first-order valence-electron chi connectivity index (χ1n) is 4.78. The number of Topliss-reactive ketones (excluding diaryl/α,β-unsaturated/α-hetero) is 1. The number of ether oxygens (including phenoxy) is 3. The predicted octanol–water partition coefficient (Wildman–Crippen LogP) is -1.21. The quantitative estimate of drug-likeness (QED) is 0.604. The summed E-state index contributed by atoms with van der Waals surface area (Å²) in [6.07, 6.45) is -3.86. The minimum atomic E-state index is -1.22. The Balaban J connectivity index is 2.08. The molecule has 0 unspecified atom stereocenters. The molecule has 2 fully saturated rings. The number of fused-ring (bicyclic) bond motifs is 1. The van der Waals surface area contributed by atoms with E-state index < -0.39 is 37.0 Å². The van der Waals surface area contributed by atoms with Crippen molar-refractivity contribution in [3.63, 3.8) is 0 Å². The Kier molecular flexibility index (Phi) is 2.56. The van der Waals surface area contributed by atoms with Gasteiger partial charge >= 0.3 is 0 Å². The number of aliphatic hydroxyl groups is 2. The number of aliphatic hydroxyl groups excluding tert-OH is 2. The molecule has 2 rings (SSSR count). The van der Waals surface area contributed by atoms with Crippen molar-refractivity contribution < 1.29 is 29.2 Å². The summed E-state index contributed by atoms with van der Waals surface area (Å²) < 4.78 is 15.8. The lowest BCUT2D eigenvalue weighted by Gasteiger charge is -2.21. The van der Waals surface area contributed by atoms with E-state index in [0.717, 1.165) is 0 Å². The molecule has 0 saturated carbocycles. The Labute approximate surface area is 86.7 Å². The van der Waals surface area contributed by atoms with Gasteiger partial charge in [-0.2, -0.15) is 0 Å². The maximum absolute atomic E-state index is 11.7. The number of hydrogen-bond donors (Lipinski definition) is 2. The van der Waals surface area contributed by atoms with Gasteiger partial charge in [-0.1, -0.05) is 0 Å². The molecule has 2 aliphatic rings. The third kappa shape index (κ3) is 1.79. The van der Waals surface area contributed by atoms with E-state index >= 15 is 0 Å². The van der Waals surface area contributed by atoms with Gasteiger partial charge in [0.2, 0.25) is 0 Å². The lowest BCUT2D eigenvalue weighted by molar-refractivity contribution is -0.214. The molecular formula is C9H14O6. The molecular weight excluding hydrogens is 204 g/mol. The molecule has 2 saturated heterocycles. The van der Waals surface area contributed by atoms with E-state index in [-0.39, 0.29) is 5.78 Å². The Hall–Kier alpha value is -0.530. The van der Waals surface area contributed by atoms with Gasteiger partial charge in [0, 0.05) is 0 Å². The Morgan fingerprint density at radius 3 is 2.67 bits per heavy atom. The van der Waals surface area contributed by atoms with Crippen molar-refractivity contribution in [2.45, 2.75) is 44.2 Å². The zero-order valence-corrected chi connectivity index (χ0v) is 8.54. The average Bonchev–Trinajstić information content (AvgIpc) is 2.60. The second-order valence-electron chi connectivity index (χ2n) is 4.13. The maximum atomic E-state index is 11.7. The number of carbonyl (C=O) groups excluding carboxylic acids is 1. The molecule has 0 bridgehead atoms. The molecule has 15 heavy (non-hydrogen) atoms. The van der Waals surface area contributed by atoms with Gasteiger partial charge in [0.05, 0.1) is 6.61 Å². The van der Waals surface area contributed by atoms with Crippen molar-refractivity contribution >= 4 is 5.78 Å². The number of hydrogen-bond acceptors (Lipinski definition) is 6. The van der Waals surface area contributed by atoms with E-state index in [9.17, 15) is 9.90 Å². The summed E-state index contributed by atoms with van der Waals surface area (Å²) in [6.45, 7) is 2.83. The van der Waals surface area contributed by atoms with E-state index in [0.29, 0.717) is 0 Å². The van der Waals surface area contributed by atoms with E-state index in [1.807, 2.05) is 0 Å². The van der Waals surface area contributed by atoms with Crippen LogP contribution in [0.1, 0.15) is 13.8 Å². The molecule has 0 amide bonds. The first kappa shape index (κ1) is 11.0. The monoisotopic (exact) mass is 218 g/mol. The first-order valence-corrected chi connectivity index (χ1v) is 4.78. The van der Waals surface area contributed by atoms with Crippen LogP contribution >= 0.6 is 0 Å². The van der Waals surface area contributed by atoms with Crippen LogP contribution in [0.3, 0.4) is 0 Å². The molecule has 0 spiro atoms. The van der Waals surface area contributed by atoms with Gasteiger partial charge in [-0.05, 0) is 13.8 Å². The molecule has 0 aromatic rings. The summed E-state index contributed by atoms with van der Waals surface area (Å²) in [5.74, 6) is -1.23. The molecule has 0 aromatic carbocycles. The van der Waals surface area contributed by atoms with Crippen LogP contribution in [0.2, 0.25) is 0 Å². The van der Waals surface area contributed by atoms with Gasteiger partial charge in [-0.25, -0.2) is 0 Å². The smallest absolute Gasteiger partial charge is 0.198 e. The molecule has 2 aliphatic heterocycles. The Bertz CT molecular complexity index is 276. The summed E-state index contributed by atoms with van der Waals surface area (Å²) >= 11 is 0. The standard InChI is InChI=1S/C9H14O6/c1-9(2)14-7-5(12)6(4(11)3-10)13-8(7)15-9/h4,6-8,10-11H,3H2,1-2H3/t4-,6-,7-,8+/m1/s1. The van der Waals surface area contributed by atoms with Gasteiger partial charge < -0.3 is 24.4 Å². The van der Waals surface area contributed by atoms with Gasteiger partial charge in [-0.3, -0.25) is 4.79 Å². The minimum absolute atomic E-state index is 0.382. The van der Waals surface area contributed by atoms with Crippen LogP contribution in [0.5, 0.6) is 0 Å². The fraction of sp³-hybridized carbons (Fsp3) is 0.889. The highest BCUT2D eigenvalue weighted by Crippen LogP contribution is 2.35. The van der Waals surface area contributed by atoms with Crippen molar-refractivity contribution in [2.75, 3.05) is 6.61 Å². The van der Waals surface area contributed by atoms with Gasteiger partial charge in [-0.15, -0.1) is 0 Å². The van der Waals surface area contributed by atoms with E-state index in [1.54, 1.807) is 13.8 Å². The molecule has 0 aromatic heterocycles. The molecule has 0 radical (unpaired) electrons. The highest BCUT2D eigenvalue weighted by Gasteiger charge is 2.55. The van der Waals surface area contributed by atoms with Crippen LogP contribution < -0.4 is 0 Å². The van der Waals surface area contributed by atoms with E-state index in [1.165, 1.54) is 0 Å². The molecule has 2 heterocycles. The molecule has 0 aliphatic carbocycles. The molecule has 4 atom stereocenters. The van der Waals surface area contributed by atoms with Crippen LogP contribution in [0.15, 0.2) is 0 Å². The lowest BCUT2D eigenvalue weighted by atomic mass is 10.1. The first-order chi connectivity index (χ1) is 6.94. The zero-order chi connectivity index (χ0) is 11.2. The van der Waals surface area contributed by atoms with Gasteiger partial charge in [0.25, 0.3) is 0 Å². The fourth-order valence-electron chi connectivity index (χ4n) is 1.77. The van der Waals surface area contributed by atoms with Crippen molar-refractivity contribution in [3.8, 4) is 0 Å². The molecule has 6 heteroatoms. The summed E-state index contributed by atoms with van der Waals surface area (Å²) in [5.41, 5.74) is 0. The van der Waals surface area contributed by atoms with E-state index in [2.05, 4.69) is 0 Å². The van der Waals surface area contributed by atoms with Gasteiger partial charge in [0.15, 0.2) is 24.0 Å². The van der Waals surface area contributed by atoms with Crippen LogP contribution in [-0.4, -0.2) is 53.0 Å². The number of rotatable bonds is 2. The summed E-state index contributed by atoms with van der Waals surface area (Å²) in [6, 6.07) is 0. The lowest BCUT2D eigenvalue weighted by Crippen LogP contribution is -2.39. The highest BCUT2D eigenvalue weighted by atomic mass is 16.8. The van der Waals surface area contributed by atoms with Crippen LogP contribution in [0.4, 0.5) is 0 Å². The topological polar surface area (TPSA) is 85.2 Å². The number of ketones is 1. The average molecular weight is 218 g/mol. The second kappa shape index (κ2) is 3.50. The molecule has 2 N–H and O–H groups in total. The van der Waals surface area contributed by atoms with Crippen molar-refractivity contribution in [1.82, 2.24) is 0 Å². The summed E-state index contributed by atoms with van der Waals surface area (Å²) in [7, 11) is 0. The van der Waals surface area contributed by atoms with Crippen molar-refractivity contribution in [2.24, 2.45) is 0 Å². The van der Waals surface area contributed by atoms with Crippen LogP contribution in [0.25, 0.3) is 0 Å². The third-order valence-electron chi connectivity index (χ3n) is 2.44.